The van der Waals surface area contributed by atoms with Gasteiger partial charge in [0.15, 0.2) is 0 Å². The molecule has 1 aromatic heterocycles. The Bertz CT molecular complexity index is 600. The number of benzene rings is 1. The molecule has 0 saturated carbocycles. The number of thiophene rings is 1. The minimum absolute atomic E-state index is 0.0793. The first-order chi connectivity index (χ1) is 10.1. The summed E-state index contributed by atoms with van der Waals surface area (Å²) in [5, 5.41) is 2.01. The third kappa shape index (κ3) is 4.41. The van der Waals surface area contributed by atoms with Crippen molar-refractivity contribution in [3.05, 3.63) is 40.6 Å². The summed E-state index contributed by atoms with van der Waals surface area (Å²) >= 11 is 3.09. The second-order valence-corrected chi connectivity index (χ2v) is 6.57. The van der Waals surface area contributed by atoms with Crippen molar-refractivity contribution >= 4 is 34.7 Å². The lowest BCUT2D eigenvalue weighted by Crippen LogP contribution is -2.27. The van der Waals surface area contributed by atoms with Crippen molar-refractivity contribution in [1.29, 1.82) is 0 Å². The summed E-state index contributed by atoms with van der Waals surface area (Å²) in [5.41, 5.74) is 6.58. The van der Waals surface area contributed by atoms with E-state index in [2.05, 4.69) is 0 Å². The highest BCUT2D eigenvalue weighted by Gasteiger charge is 2.12. The number of methoxy groups -OCH3 is 1. The van der Waals surface area contributed by atoms with E-state index in [1.54, 1.807) is 29.4 Å². The van der Waals surface area contributed by atoms with Crippen molar-refractivity contribution in [3.63, 3.8) is 0 Å². The third-order valence-electron chi connectivity index (χ3n) is 2.97. The standard InChI is InChI=1S/C15H18N2O2S2/c1-17(9-12-4-3-7-20-12)15(18)10-21-14-8-11(19-2)5-6-13(14)16/h3-8H,9-10,16H2,1-2H3. The fourth-order valence-corrected chi connectivity index (χ4v) is 3.43. The van der Waals surface area contributed by atoms with Crippen LogP contribution in [0.2, 0.25) is 0 Å². The van der Waals surface area contributed by atoms with E-state index in [9.17, 15) is 4.79 Å². The average molecular weight is 322 g/mol. The van der Waals surface area contributed by atoms with Gasteiger partial charge in [0.05, 0.1) is 19.4 Å². The Morgan fingerprint density at radius 3 is 2.90 bits per heavy atom. The van der Waals surface area contributed by atoms with Crippen LogP contribution in [0, 0.1) is 0 Å². The number of thioether (sulfide) groups is 1. The molecule has 0 fully saturated rings. The molecule has 0 radical (unpaired) electrons. The maximum absolute atomic E-state index is 12.1. The van der Waals surface area contributed by atoms with E-state index in [0.717, 1.165) is 10.6 Å². The number of carbonyl (C=O) groups is 1. The molecule has 2 rings (SSSR count). The van der Waals surface area contributed by atoms with E-state index in [-0.39, 0.29) is 5.91 Å². The summed E-state index contributed by atoms with van der Waals surface area (Å²) in [4.78, 5) is 15.9. The van der Waals surface area contributed by atoms with Gasteiger partial charge in [-0.25, -0.2) is 0 Å². The summed E-state index contributed by atoms with van der Waals surface area (Å²) in [5.74, 6) is 1.18. The lowest BCUT2D eigenvalue weighted by molar-refractivity contribution is -0.127. The van der Waals surface area contributed by atoms with Crippen LogP contribution in [-0.4, -0.2) is 30.7 Å². The van der Waals surface area contributed by atoms with Crippen molar-refractivity contribution < 1.29 is 9.53 Å². The number of nitrogens with two attached hydrogens (primary N) is 1. The molecular weight excluding hydrogens is 304 g/mol. The smallest absolute Gasteiger partial charge is 0.233 e. The molecule has 2 aromatic rings. The number of carbonyl (C=O) groups excluding carboxylic acids is 1. The van der Waals surface area contributed by atoms with Crippen LogP contribution < -0.4 is 10.5 Å². The molecule has 0 bridgehead atoms. The van der Waals surface area contributed by atoms with Crippen molar-refractivity contribution in [2.75, 3.05) is 25.6 Å². The Kier molecular flexibility index (Phi) is 5.52. The zero-order valence-electron chi connectivity index (χ0n) is 12.0. The minimum Gasteiger partial charge on any atom is -0.497 e. The van der Waals surface area contributed by atoms with Crippen LogP contribution in [0.25, 0.3) is 0 Å². The van der Waals surface area contributed by atoms with Crippen LogP contribution in [-0.2, 0) is 11.3 Å². The maximum atomic E-state index is 12.1. The molecular formula is C15H18N2O2S2. The lowest BCUT2D eigenvalue weighted by Gasteiger charge is -2.16. The fourth-order valence-electron chi connectivity index (χ4n) is 1.74. The first-order valence-electron chi connectivity index (χ1n) is 6.43. The summed E-state index contributed by atoms with van der Waals surface area (Å²) in [7, 11) is 3.43. The predicted molar refractivity (Wildman–Crippen MR) is 88.9 cm³/mol. The van der Waals surface area contributed by atoms with Crippen LogP contribution >= 0.6 is 23.1 Å². The Labute approximate surface area is 132 Å². The minimum atomic E-state index is 0.0793. The topological polar surface area (TPSA) is 55.6 Å². The molecule has 0 saturated heterocycles. The van der Waals surface area contributed by atoms with Gasteiger partial charge >= 0.3 is 0 Å². The molecule has 6 heteroatoms. The Morgan fingerprint density at radius 1 is 1.43 bits per heavy atom. The molecule has 21 heavy (non-hydrogen) atoms. The first-order valence-corrected chi connectivity index (χ1v) is 8.29. The Morgan fingerprint density at radius 2 is 2.24 bits per heavy atom. The number of nitrogen functional groups attached to an aromatic ring is 1. The zero-order chi connectivity index (χ0) is 15.2. The largest absolute Gasteiger partial charge is 0.497 e. The van der Waals surface area contributed by atoms with E-state index < -0.39 is 0 Å². The molecule has 0 aliphatic carbocycles. The van der Waals surface area contributed by atoms with Crippen LogP contribution in [0.3, 0.4) is 0 Å². The normalized spacial score (nSPS) is 10.4. The van der Waals surface area contributed by atoms with Crippen LogP contribution in [0.1, 0.15) is 4.88 Å². The van der Waals surface area contributed by atoms with Crippen molar-refractivity contribution in [2.45, 2.75) is 11.4 Å². The second-order valence-electron chi connectivity index (χ2n) is 4.52. The molecule has 1 amide bonds. The van der Waals surface area contributed by atoms with Gasteiger partial charge in [-0.05, 0) is 29.6 Å². The van der Waals surface area contributed by atoms with Gasteiger partial charge in [0.2, 0.25) is 5.91 Å². The molecule has 1 aromatic carbocycles. The Balaban J connectivity index is 1.91. The van der Waals surface area contributed by atoms with Gasteiger partial charge in [0.1, 0.15) is 5.75 Å². The summed E-state index contributed by atoms with van der Waals surface area (Å²) in [6.45, 7) is 0.644. The number of anilines is 1. The van der Waals surface area contributed by atoms with Crippen LogP contribution in [0.15, 0.2) is 40.6 Å². The maximum Gasteiger partial charge on any atom is 0.233 e. The van der Waals surface area contributed by atoms with E-state index in [0.29, 0.717) is 18.0 Å². The molecule has 0 aliphatic heterocycles. The van der Waals surface area contributed by atoms with Crippen molar-refractivity contribution in [1.82, 2.24) is 4.90 Å². The van der Waals surface area contributed by atoms with Gasteiger partial charge in [-0.1, -0.05) is 6.07 Å². The Hall–Kier alpha value is -1.66. The highest BCUT2D eigenvalue weighted by atomic mass is 32.2. The summed E-state index contributed by atoms with van der Waals surface area (Å²) in [6.07, 6.45) is 0. The van der Waals surface area contributed by atoms with E-state index >= 15 is 0 Å². The lowest BCUT2D eigenvalue weighted by atomic mass is 10.3. The quantitative estimate of drug-likeness (QED) is 0.656. The molecule has 0 unspecified atom stereocenters. The predicted octanol–water partition coefficient (Wildman–Crippen LogP) is 3.09. The molecule has 0 atom stereocenters. The second kappa shape index (κ2) is 7.38. The fraction of sp³-hybridized carbons (Fsp3) is 0.267. The third-order valence-corrected chi connectivity index (χ3v) is 4.89. The number of nitrogens with zero attached hydrogens (tertiary/aromatic N) is 1. The monoisotopic (exact) mass is 322 g/mol. The highest BCUT2D eigenvalue weighted by molar-refractivity contribution is 8.00. The highest BCUT2D eigenvalue weighted by Crippen LogP contribution is 2.29. The van der Waals surface area contributed by atoms with E-state index in [1.807, 2.05) is 36.7 Å². The molecule has 0 aliphatic rings. The number of rotatable bonds is 6. The van der Waals surface area contributed by atoms with Gasteiger partial charge in [-0.2, -0.15) is 0 Å². The number of hydrogen-bond acceptors (Lipinski definition) is 5. The van der Waals surface area contributed by atoms with E-state index in [4.69, 9.17) is 10.5 Å². The van der Waals surface area contributed by atoms with Gasteiger partial charge in [0, 0.05) is 22.5 Å². The van der Waals surface area contributed by atoms with Gasteiger partial charge in [0.25, 0.3) is 0 Å². The average Bonchev–Trinajstić information content (AvgIpc) is 2.99. The molecule has 112 valence electrons. The van der Waals surface area contributed by atoms with Gasteiger partial charge in [-0.15, -0.1) is 23.1 Å². The van der Waals surface area contributed by atoms with Crippen LogP contribution in [0.4, 0.5) is 5.69 Å². The van der Waals surface area contributed by atoms with Crippen molar-refractivity contribution in [3.8, 4) is 5.75 Å². The molecule has 0 spiro atoms. The molecule has 4 nitrogen and oxygen atoms in total. The SMILES string of the molecule is COc1ccc(N)c(SCC(=O)N(C)Cc2cccs2)c1. The van der Waals surface area contributed by atoms with Crippen molar-refractivity contribution in [2.24, 2.45) is 0 Å². The van der Waals surface area contributed by atoms with E-state index in [1.165, 1.54) is 16.6 Å². The number of amides is 1. The molecule has 2 N–H and O–H groups in total. The number of hydrogen-bond donors (Lipinski definition) is 1. The van der Waals surface area contributed by atoms with Gasteiger partial charge < -0.3 is 15.4 Å². The summed E-state index contributed by atoms with van der Waals surface area (Å²) < 4.78 is 5.17. The van der Waals surface area contributed by atoms with Gasteiger partial charge in [-0.3, -0.25) is 4.79 Å². The molecule has 1 heterocycles. The number of ether oxygens (including phenoxy) is 1. The van der Waals surface area contributed by atoms with Crippen LogP contribution in [0.5, 0.6) is 5.75 Å². The summed E-state index contributed by atoms with van der Waals surface area (Å²) in [6, 6.07) is 9.48. The first kappa shape index (κ1) is 15.7. The zero-order valence-corrected chi connectivity index (χ0v) is 13.7.